The number of alkyl halides is 3. The third-order valence-electron chi connectivity index (χ3n) is 2.63. The Morgan fingerprint density at radius 1 is 1.28 bits per heavy atom. The van der Waals surface area contributed by atoms with E-state index in [1.807, 2.05) is 6.08 Å². The average Bonchev–Trinajstić information content (AvgIpc) is 2.72. The van der Waals surface area contributed by atoms with Crippen LogP contribution in [-0.2, 0) is 6.18 Å². The molecule has 1 aromatic carbocycles. The molecule has 98 valence electrons. The fourth-order valence-corrected chi connectivity index (χ4v) is 1.67. The van der Waals surface area contributed by atoms with Crippen molar-refractivity contribution in [2.45, 2.75) is 18.6 Å². The molecule has 0 radical (unpaired) electrons. The molecular formula is C12H13F3N2O. The van der Waals surface area contributed by atoms with Gasteiger partial charge in [-0.15, -0.1) is 0 Å². The molecule has 1 aliphatic rings. The maximum Gasteiger partial charge on any atom is 0.416 e. The van der Waals surface area contributed by atoms with E-state index in [0.717, 1.165) is 18.6 Å². The number of nitrogens with one attached hydrogen (secondary N) is 1. The fourth-order valence-electron chi connectivity index (χ4n) is 1.67. The second kappa shape index (κ2) is 4.80. The lowest BCUT2D eigenvalue weighted by molar-refractivity contribution is -0.137. The van der Waals surface area contributed by atoms with Crippen LogP contribution in [0.5, 0.6) is 5.75 Å². The Kier molecular flexibility index (Phi) is 3.36. The summed E-state index contributed by atoms with van der Waals surface area (Å²) in [6.07, 6.45) is -1.71. The zero-order valence-electron chi connectivity index (χ0n) is 9.50. The van der Waals surface area contributed by atoms with Gasteiger partial charge in [0.1, 0.15) is 12.4 Å². The molecule has 0 amide bonds. The summed E-state index contributed by atoms with van der Waals surface area (Å²) in [7, 11) is 0. The van der Waals surface area contributed by atoms with E-state index in [9.17, 15) is 13.2 Å². The van der Waals surface area contributed by atoms with Gasteiger partial charge in [-0.05, 0) is 36.8 Å². The van der Waals surface area contributed by atoms with Crippen LogP contribution >= 0.6 is 0 Å². The molecule has 3 N–H and O–H groups in total. The van der Waals surface area contributed by atoms with Crippen molar-refractivity contribution in [1.82, 2.24) is 5.32 Å². The highest BCUT2D eigenvalue weighted by atomic mass is 19.4. The van der Waals surface area contributed by atoms with Gasteiger partial charge in [0.05, 0.1) is 17.4 Å². The minimum absolute atomic E-state index is 0.0762. The molecule has 3 nitrogen and oxygen atoms in total. The number of nitrogens with two attached hydrogens (primary N) is 1. The van der Waals surface area contributed by atoms with E-state index in [1.54, 1.807) is 0 Å². The first-order valence-electron chi connectivity index (χ1n) is 5.47. The maximum absolute atomic E-state index is 12.3. The molecule has 0 aromatic heterocycles. The number of benzene rings is 1. The van der Waals surface area contributed by atoms with Crippen LogP contribution in [0.1, 0.15) is 12.0 Å². The first kappa shape index (κ1) is 12.6. The topological polar surface area (TPSA) is 47.3 Å². The highest BCUT2D eigenvalue weighted by Crippen LogP contribution is 2.30. The first-order valence-corrected chi connectivity index (χ1v) is 5.47. The van der Waals surface area contributed by atoms with Crippen LogP contribution in [0, 0.1) is 0 Å². The molecule has 1 atom stereocenters. The monoisotopic (exact) mass is 258 g/mol. The zero-order chi connectivity index (χ0) is 13.2. The third kappa shape index (κ3) is 3.09. The normalized spacial score (nSPS) is 19.3. The predicted molar refractivity (Wildman–Crippen MR) is 60.8 cm³/mol. The van der Waals surface area contributed by atoms with E-state index >= 15 is 0 Å². The van der Waals surface area contributed by atoms with Gasteiger partial charge in [0, 0.05) is 0 Å². The highest BCUT2D eigenvalue weighted by Gasteiger charge is 2.30. The van der Waals surface area contributed by atoms with Gasteiger partial charge in [-0.2, -0.15) is 13.2 Å². The van der Waals surface area contributed by atoms with Crippen molar-refractivity contribution >= 4 is 0 Å². The zero-order valence-corrected chi connectivity index (χ0v) is 9.50. The SMILES string of the molecule is NC1=CCC(COc2ccc(C(F)(F)F)cc2)N1. The molecule has 18 heavy (non-hydrogen) atoms. The maximum atomic E-state index is 12.3. The van der Waals surface area contributed by atoms with Crippen molar-refractivity contribution in [3.8, 4) is 5.75 Å². The van der Waals surface area contributed by atoms with Crippen LogP contribution in [0.25, 0.3) is 0 Å². The average molecular weight is 258 g/mol. The smallest absolute Gasteiger partial charge is 0.416 e. The molecule has 0 fully saturated rings. The Morgan fingerprint density at radius 3 is 2.44 bits per heavy atom. The molecule has 2 rings (SSSR count). The third-order valence-corrected chi connectivity index (χ3v) is 2.63. The number of hydrogen-bond donors (Lipinski definition) is 2. The summed E-state index contributed by atoms with van der Waals surface area (Å²) in [6.45, 7) is 0.364. The highest BCUT2D eigenvalue weighted by molar-refractivity contribution is 5.28. The number of hydrogen-bond acceptors (Lipinski definition) is 3. The lowest BCUT2D eigenvalue weighted by atomic mass is 10.2. The van der Waals surface area contributed by atoms with Gasteiger partial charge >= 0.3 is 6.18 Å². The van der Waals surface area contributed by atoms with E-state index in [-0.39, 0.29) is 6.04 Å². The molecule has 1 aromatic rings. The van der Waals surface area contributed by atoms with Crippen molar-refractivity contribution in [3.05, 3.63) is 41.7 Å². The lowest BCUT2D eigenvalue weighted by Gasteiger charge is -2.14. The molecule has 1 heterocycles. The van der Waals surface area contributed by atoms with Crippen molar-refractivity contribution in [3.63, 3.8) is 0 Å². The van der Waals surface area contributed by atoms with Gasteiger partial charge in [0.15, 0.2) is 0 Å². The van der Waals surface area contributed by atoms with Gasteiger partial charge in [-0.1, -0.05) is 0 Å². The summed E-state index contributed by atoms with van der Waals surface area (Å²) in [5, 5.41) is 2.99. The molecule has 0 bridgehead atoms. The Morgan fingerprint density at radius 2 is 1.94 bits per heavy atom. The Hall–Kier alpha value is -1.85. The van der Waals surface area contributed by atoms with Gasteiger partial charge in [0.25, 0.3) is 0 Å². The minimum Gasteiger partial charge on any atom is -0.491 e. The predicted octanol–water partition coefficient (Wildman–Crippen LogP) is 2.25. The van der Waals surface area contributed by atoms with Crippen LogP contribution in [-0.4, -0.2) is 12.6 Å². The molecule has 0 saturated heterocycles. The van der Waals surface area contributed by atoms with Crippen molar-refractivity contribution in [1.29, 1.82) is 0 Å². The van der Waals surface area contributed by atoms with Gasteiger partial charge in [-0.3, -0.25) is 0 Å². The number of ether oxygens (including phenoxy) is 1. The second-order valence-corrected chi connectivity index (χ2v) is 4.07. The Bertz CT molecular complexity index is 440. The number of rotatable bonds is 3. The Balaban J connectivity index is 1.87. The van der Waals surface area contributed by atoms with Crippen molar-refractivity contribution in [2.75, 3.05) is 6.61 Å². The van der Waals surface area contributed by atoms with E-state index in [0.29, 0.717) is 18.2 Å². The molecular weight excluding hydrogens is 245 g/mol. The molecule has 1 aliphatic heterocycles. The number of halogens is 3. The van der Waals surface area contributed by atoms with E-state index in [1.165, 1.54) is 12.1 Å². The van der Waals surface area contributed by atoms with Crippen LogP contribution in [0.4, 0.5) is 13.2 Å². The van der Waals surface area contributed by atoms with Crippen LogP contribution in [0.2, 0.25) is 0 Å². The second-order valence-electron chi connectivity index (χ2n) is 4.07. The van der Waals surface area contributed by atoms with Crippen molar-refractivity contribution in [2.24, 2.45) is 5.73 Å². The van der Waals surface area contributed by atoms with Crippen LogP contribution < -0.4 is 15.8 Å². The summed E-state index contributed by atoms with van der Waals surface area (Å²) in [4.78, 5) is 0. The van der Waals surface area contributed by atoms with Gasteiger partial charge < -0.3 is 15.8 Å². The quantitative estimate of drug-likeness (QED) is 0.874. The van der Waals surface area contributed by atoms with Gasteiger partial charge in [0.2, 0.25) is 0 Å². The molecule has 0 spiro atoms. The minimum atomic E-state index is -4.32. The van der Waals surface area contributed by atoms with Crippen LogP contribution in [0.3, 0.4) is 0 Å². The van der Waals surface area contributed by atoms with Crippen LogP contribution in [0.15, 0.2) is 36.2 Å². The van der Waals surface area contributed by atoms with E-state index in [2.05, 4.69) is 5.32 Å². The molecule has 0 saturated carbocycles. The molecule has 6 heteroatoms. The van der Waals surface area contributed by atoms with Crippen molar-refractivity contribution < 1.29 is 17.9 Å². The summed E-state index contributed by atoms with van der Waals surface area (Å²) < 4.78 is 42.4. The molecule has 0 aliphatic carbocycles. The summed E-state index contributed by atoms with van der Waals surface area (Å²) in [6, 6.07) is 4.71. The first-order chi connectivity index (χ1) is 8.45. The summed E-state index contributed by atoms with van der Waals surface area (Å²) >= 11 is 0. The Labute approximate surface area is 102 Å². The molecule has 1 unspecified atom stereocenters. The summed E-state index contributed by atoms with van der Waals surface area (Å²) in [5.74, 6) is 1.02. The van der Waals surface area contributed by atoms with E-state index < -0.39 is 11.7 Å². The largest absolute Gasteiger partial charge is 0.491 e. The van der Waals surface area contributed by atoms with E-state index in [4.69, 9.17) is 10.5 Å². The summed E-state index contributed by atoms with van der Waals surface area (Å²) in [5.41, 5.74) is 4.85. The lowest BCUT2D eigenvalue weighted by Crippen LogP contribution is -2.31. The fraction of sp³-hybridized carbons (Fsp3) is 0.333. The standard InChI is InChI=1S/C12H13F3N2O/c13-12(14,15)8-1-4-10(5-2-8)18-7-9-3-6-11(16)17-9/h1-2,4-6,9,17H,3,7,16H2. The van der Waals surface area contributed by atoms with Gasteiger partial charge in [-0.25, -0.2) is 0 Å².